The van der Waals surface area contributed by atoms with Gasteiger partial charge >= 0.3 is 0 Å². The van der Waals surface area contributed by atoms with Crippen molar-refractivity contribution < 1.29 is 14.6 Å². The van der Waals surface area contributed by atoms with Gasteiger partial charge in [-0.1, -0.05) is 30.3 Å². The second kappa shape index (κ2) is 7.14. The van der Waals surface area contributed by atoms with Crippen LogP contribution in [-0.4, -0.2) is 18.1 Å². The van der Waals surface area contributed by atoms with Crippen molar-refractivity contribution in [3.05, 3.63) is 59.5 Å². The number of aromatic nitrogens is 1. The van der Waals surface area contributed by atoms with E-state index in [-0.39, 0.29) is 6.42 Å². The lowest BCUT2D eigenvalue weighted by molar-refractivity contribution is -0.304. The molecule has 1 aromatic heterocycles. The minimum atomic E-state index is -1.12. The molecule has 0 spiro atoms. The second-order valence-electron chi connectivity index (χ2n) is 5.06. The molecule has 0 saturated heterocycles. The number of carbonyl (C=O) groups is 1. The zero-order chi connectivity index (χ0) is 16.9. The number of aliphatic carboxylic acids is 1. The van der Waals surface area contributed by atoms with Crippen LogP contribution in [-0.2, 0) is 11.2 Å². The van der Waals surface area contributed by atoms with Gasteiger partial charge in [0.15, 0.2) is 5.13 Å². The topological polar surface area (TPSA) is 74.3 Å². The largest absolute Gasteiger partial charge is 0.550 e. The molecule has 0 fully saturated rings. The third kappa shape index (κ3) is 3.72. The Balaban J connectivity index is 1.90. The van der Waals surface area contributed by atoms with E-state index in [1.165, 1.54) is 11.3 Å². The van der Waals surface area contributed by atoms with Crippen molar-refractivity contribution >= 4 is 28.1 Å². The summed E-state index contributed by atoms with van der Waals surface area (Å²) in [5, 5.41) is 14.9. The summed E-state index contributed by atoms with van der Waals surface area (Å²) in [7, 11) is 1.61. The Hall–Kier alpha value is -2.86. The number of carboxylic acids is 1. The highest BCUT2D eigenvalue weighted by Gasteiger charge is 2.13. The SMILES string of the molecule is COc1ccc(Nc2nc(-c3ccccc3)c(CC(=O)[O-])s2)cc1. The Morgan fingerprint density at radius 3 is 2.50 bits per heavy atom. The van der Waals surface area contributed by atoms with E-state index in [9.17, 15) is 9.90 Å². The fourth-order valence-corrected chi connectivity index (χ4v) is 3.26. The van der Waals surface area contributed by atoms with E-state index < -0.39 is 5.97 Å². The van der Waals surface area contributed by atoms with E-state index in [1.54, 1.807) is 7.11 Å². The van der Waals surface area contributed by atoms with Crippen LogP contribution in [0.4, 0.5) is 10.8 Å². The zero-order valence-corrected chi connectivity index (χ0v) is 13.8. The number of benzene rings is 2. The van der Waals surface area contributed by atoms with Gasteiger partial charge in [0.1, 0.15) is 5.75 Å². The Bertz CT molecular complexity index is 829. The minimum Gasteiger partial charge on any atom is -0.550 e. The summed E-state index contributed by atoms with van der Waals surface area (Å²) >= 11 is 1.31. The van der Waals surface area contributed by atoms with Gasteiger partial charge in [0.25, 0.3) is 0 Å². The first-order valence-corrected chi connectivity index (χ1v) is 8.13. The fourth-order valence-electron chi connectivity index (χ4n) is 2.28. The molecule has 2 aromatic carbocycles. The van der Waals surface area contributed by atoms with Crippen LogP contribution in [0.5, 0.6) is 5.75 Å². The number of nitrogens with zero attached hydrogens (tertiary/aromatic N) is 1. The van der Waals surface area contributed by atoms with Crippen LogP contribution in [0.15, 0.2) is 54.6 Å². The van der Waals surface area contributed by atoms with Crippen molar-refractivity contribution in [2.24, 2.45) is 0 Å². The number of carboxylic acid groups (broad SMARTS) is 1. The summed E-state index contributed by atoms with van der Waals surface area (Å²) in [5.74, 6) is -0.353. The van der Waals surface area contributed by atoms with Crippen LogP contribution < -0.4 is 15.2 Å². The number of anilines is 2. The molecule has 0 unspecified atom stereocenters. The lowest BCUT2D eigenvalue weighted by atomic mass is 10.1. The summed E-state index contributed by atoms with van der Waals surface area (Å²) in [6, 6.07) is 17.0. The van der Waals surface area contributed by atoms with Crippen LogP contribution in [0.3, 0.4) is 0 Å². The molecule has 6 heteroatoms. The average Bonchev–Trinajstić information content (AvgIpc) is 2.98. The van der Waals surface area contributed by atoms with Crippen molar-refractivity contribution in [1.82, 2.24) is 4.98 Å². The van der Waals surface area contributed by atoms with Crippen LogP contribution in [0.2, 0.25) is 0 Å². The van der Waals surface area contributed by atoms with E-state index in [0.717, 1.165) is 17.0 Å². The van der Waals surface area contributed by atoms with Gasteiger partial charge in [-0.2, -0.15) is 0 Å². The maximum absolute atomic E-state index is 11.0. The Labute approximate surface area is 143 Å². The fraction of sp³-hybridized carbons (Fsp3) is 0.111. The van der Waals surface area contributed by atoms with Crippen molar-refractivity contribution in [2.45, 2.75) is 6.42 Å². The lowest BCUT2D eigenvalue weighted by Crippen LogP contribution is -2.24. The molecule has 0 aliphatic carbocycles. The quantitative estimate of drug-likeness (QED) is 0.747. The summed E-state index contributed by atoms with van der Waals surface area (Å²) in [6.45, 7) is 0. The standard InChI is InChI=1S/C18H16N2O3S/c1-23-14-9-7-13(8-10-14)19-18-20-17(12-5-3-2-4-6-12)15(24-18)11-16(21)22/h2-10H,11H2,1H3,(H,19,20)(H,21,22)/p-1. The molecular weight excluding hydrogens is 324 g/mol. The molecular formula is C18H15N2O3S-. The number of hydrogen-bond acceptors (Lipinski definition) is 6. The maximum Gasteiger partial charge on any atom is 0.187 e. The first-order chi connectivity index (χ1) is 11.7. The van der Waals surface area contributed by atoms with Gasteiger partial charge in [0, 0.05) is 28.5 Å². The van der Waals surface area contributed by atoms with Crippen molar-refractivity contribution in [3.63, 3.8) is 0 Å². The molecule has 1 heterocycles. The monoisotopic (exact) mass is 339 g/mol. The van der Waals surface area contributed by atoms with Gasteiger partial charge < -0.3 is 20.0 Å². The number of ether oxygens (including phenoxy) is 1. The minimum absolute atomic E-state index is 0.161. The first kappa shape index (κ1) is 16.0. The molecule has 0 radical (unpaired) electrons. The average molecular weight is 339 g/mol. The molecule has 3 rings (SSSR count). The highest BCUT2D eigenvalue weighted by Crippen LogP contribution is 2.33. The molecule has 0 atom stereocenters. The molecule has 0 bridgehead atoms. The molecule has 122 valence electrons. The predicted molar refractivity (Wildman–Crippen MR) is 92.5 cm³/mol. The van der Waals surface area contributed by atoms with Crippen LogP contribution in [0.1, 0.15) is 4.88 Å². The van der Waals surface area contributed by atoms with Gasteiger partial charge in [0.2, 0.25) is 0 Å². The van der Waals surface area contributed by atoms with E-state index in [2.05, 4.69) is 10.3 Å². The van der Waals surface area contributed by atoms with Gasteiger partial charge in [0.05, 0.1) is 12.8 Å². The first-order valence-electron chi connectivity index (χ1n) is 7.32. The number of thiazole rings is 1. The van der Waals surface area contributed by atoms with Gasteiger partial charge in [-0.05, 0) is 24.3 Å². The third-order valence-electron chi connectivity index (χ3n) is 3.39. The van der Waals surface area contributed by atoms with Gasteiger partial charge in [-0.15, -0.1) is 11.3 Å². The van der Waals surface area contributed by atoms with E-state index in [1.807, 2.05) is 54.6 Å². The number of rotatable bonds is 6. The molecule has 0 aliphatic rings. The Morgan fingerprint density at radius 2 is 1.88 bits per heavy atom. The maximum atomic E-state index is 11.0. The van der Waals surface area contributed by atoms with E-state index >= 15 is 0 Å². The van der Waals surface area contributed by atoms with Crippen LogP contribution in [0, 0.1) is 0 Å². The molecule has 0 aliphatic heterocycles. The van der Waals surface area contributed by atoms with Crippen molar-refractivity contribution in [1.29, 1.82) is 0 Å². The predicted octanol–water partition coefficient (Wildman–Crippen LogP) is 2.85. The normalized spacial score (nSPS) is 10.4. The number of methoxy groups -OCH3 is 1. The highest BCUT2D eigenvalue weighted by atomic mass is 32.1. The molecule has 3 aromatic rings. The second-order valence-corrected chi connectivity index (χ2v) is 6.14. The summed E-state index contributed by atoms with van der Waals surface area (Å²) < 4.78 is 5.13. The molecule has 1 N–H and O–H groups in total. The number of carbonyl (C=O) groups excluding carboxylic acids is 1. The van der Waals surface area contributed by atoms with E-state index in [0.29, 0.717) is 15.7 Å². The van der Waals surface area contributed by atoms with Gasteiger partial charge in [-0.3, -0.25) is 0 Å². The van der Waals surface area contributed by atoms with Crippen LogP contribution >= 0.6 is 11.3 Å². The summed E-state index contributed by atoms with van der Waals surface area (Å²) in [6.07, 6.45) is -0.161. The number of nitrogens with one attached hydrogen (secondary N) is 1. The molecule has 0 amide bonds. The van der Waals surface area contributed by atoms with E-state index in [4.69, 9.17) is 4.74 Å². The van der Waals surface area contributed by atoms with Crippen molar-refractivity contribution in [2.75, 3.05) is 12.4 Å². The molecule has 24 heavy (non-hydrogen) atoms. The number of hydrogen-bond donors (Lipinski definition) is 1. The summed E-state index contributed by atoms with van der Waals surface area (Å²) in [5.41, 5.74) is 2.40. The molecule has 0 saturated carbocycles. The smallest absolute Gasteiger partial charge is 0.187 e. The Kier molecular flexibility index (Phi) is 4.77. The molecule has 5 nitrogen and oxygen atoms in total. The van der Waals surface area contributed by atoms with Crippen molar-refractivity contribution in [3.8, 4) is 17.0 Å². The third-order valence-corrected chi connectivity index (χ3v) is 4.36. The zero-order valence-electron chi connectivity index (χ0n) is 13.0. The highest BCUT2D eigenvalue weighted by molar-refractivity contribution is 7.16. The Morgan fingerprint density at radius 1 is 1.17 bits per heavy atom. The lowest BCUT2D eigenvalue weighted by Gasteiger charge is -2.03. The van der Waals surface area contributed by atoms with Crippen LogP contribution in [0.25, 0.3) is 11.3 Å². The van der Waals surface area contributed by atoms with Gasteiger partial charge in [-0.25, -0.2) is 4.98 Å². The summed E-state index contributed by atoms with van der Waals surface area (Å²) in [4.78, 5) is 16.2.